The van der Waals surface area contributed by atoms with Crippen molar-refractivity contribution in [3.05, 3.63) is 17.5 Å². The summed E-state index contributed by atoms with van der Waals surface area (Å²) in [7, 11) is 0. The number of nitrogens with zero attached hydrogens (tertiary/aromatic N) is 3. The van der Waals surface area contributed by atoms with Gasteiger partial charge in [-0.1, -0.05) is 20.8 Å². The molecule has 0 amide bonds. The molecular weight excluding hydrogens is 248 g/mol. The first-order valence-corrected chi connectivity index (χ1v) is 7.82. The molecule has 1 fully saturated rings. The summed E-state index contributed by atoms with van der Waals surface area (Å²) in [6.45, 7) is 17.6. The van der Waals surface area contributed by atoms with E-state index in [1.54, 1.807) is 0 Å². The van der Waals surface area contributed by atoms with Gasteiger partial charge in [0.1, 0.15) is 0 Å². The highest BCUT2D eigenvalue weighted by Crippen LogP contribution is 2.24. The molecule has 0 radical (unpaired) electrons. The van der Waals surface area contributed by atoms with Gasteiger partial charge in [0.25, 0.3) is 0 Å². The van der Waals surface area contributed by atoms with Crippen molar-refractivity contribution in [3.8, 4) is 0 Å². The maximum atomic E-state index is 4.56. The molecule has 1 aromatic heterocycles. The van der Waals surface area contributed by atoms with Crippen molar-refractivity contribution < 1.29 is 0 Å². The molecule has 0 bridgehead atoms. The SMILES string of the molecule is CCn1nc(C)cc1CN1CC(C(C)(C)C)NCC1C. The number of piperazine rings is 1. The second-order valence-electron chi connectivity index (χ2n) is 7.20. The summed E-state index contributed by atoms with van der Waals surface area (Å²) in [6, 6.07) is 3.36. The zero-order chi connectivity index (χ0) is 14.9. The maximum Gasteiger partial charge on any atom is 0.0597 e. The van der Waals surface area contributed by atoms with Crippen LogP contribution in [0.3, 0.4) is 0 Å². The van der Waals surface area contributed by atoms with Crippen molar-refractivity contribution in [2.75, 3.05) is 13.1 Å². The average Bonchev–Trinajstić information content (AvgIpc) is 2.71. The van der Waals surface area contributed by atoms with Gasteiger partial charge in [0, 0.05) is 38.3 Å². The van der Waals surface area contributed by atoms with Crippen LogP contribution in [0.1, 0.15) is 46.0 Å². The summed E-state index contributed by atoms with van der Waals surface area (Å²) in [5.74, 6) is 0. The highest BCUT2D eigenvalue weighted by Gasteiger charge is 2.32. The van der Waals surface area contributed by atoms with Gasteiger partial charge in [-0.2, -0.15) is 5.10 Å². The maximum absolute atomic E-state index is 4.56. The summed E-state index contributed by atoms with van der Waals surface area (Å²) in [6.07, 6.45) is 0. The molecule has 1 aliphatic heterocycles. The number of aryl methyl sites for hydroxylation is 2. The van der Waals surface area contributed by atoms with Crippen LogP contribution in [0.5, 0.6) is 0 Å². The Labute approximate surface area is 123 Å². The Hall–Kier alpha value is -0.870. The van der Waals surface area contributed by atoms with Gasteiger partial charge in [0.2, 0.25) is 0 Å². The van der Waals surface area contributed by atoms with Crippen LogP contribution in [0.25, 0.3) is 0 Å². The van der Waals surface area contributed by atoms with Crippen LogP contribution in [-0.4, -0.2) is 39.9 Å². The normalized spacial score (nSPS) is 25.1. The fourth-order valence-corrected chi connectivity index (χ4v) is 2.93. The van der Waals surface area contributed by atoms with Crippen LogP contribution in [-0.2, 0) is 13.1 Å². The lowest BCUT2D eigenvalue weighted by Gasteiger charge is -2.44. The monoisotopic (exact) mass is 278 g/mol. The van der Waals surface area contributed by atoms with Gasteiger partial charge >= 0.3 is 0 Å². The van der Waals surface area contributed by atoms with Crippen LogP contribution < -0.4 is 5.32 Å². The average molecular weight is 278 g/mol. The number of rotatable bonds is 3. The molecule has 1 saturated heterocycles. The van der Waals surface area contributed by atoms with Crippen LogP contribution in [0.15, 0.2) is 6.07 Å². The molecule has 0 aromatic carbocycles. The number of nitrogens with one attached hydrogen (secondary N) is 1. The van der Waals surface area contributed by atoms with E-state index in [1.165, 1.54) is 5.69 Å². The van der Waals surface area contributed by atoms with E-state index in [9.17, 15) is 0 Å². The first kappa shape index (κ1) is 15.5. The molecule has 2 heterocycles. The molecule has 2 rings (SSSR count). The zero-order valence-corrected chi connectivity index (χ0v) is 13.9. The Morgan fingerprint density at radius 2 is 2.10 bits per heavy atom. The third-order valence-electron chi connectivity index (χ3n) is 4.40. The Kier molecular flexibility index (Phi) is 4.55. The molecule has 2 unspecified atom stereocenters. The van der Waals surface area contributed by atoms with E-state index >= 15 is 0 Å². The van der Waals surface area contributed by atoms with E-state index in [4.69, 9.17) is 0 Å². The summed E-state index contributed by atoms with van der Waals surface area (Å²) in [4.78, 5) is 2.59. The lowest BCUT2D eigenvalue weighted by Crippen LogP contribution is -2.59. The van der Waals surface area contributed by atoms with E-state index in [-0.39, 0.29) is 0 Å². The summed E-state index contributed by atoms with van der Waals surface area (Å²) in [5, 5.41) is 8.26. The quantitative estimate of drug-likeness (QED) is 0.922. The van der Waals surface area contributed by atoms with E-state index in [1.807, 2.05) is 0 Å². The summed E-state index contributed by atoms with van der Waals surface area (Å²) in [5.41, 5.74) is 2.77. The largest absolute Gasteiger partial charge is 0.311 e. The minimum atomic E-state index is 0.305. The van der Waals surface area contributed by atoms with Crippen molar-refractivity contribution in [2.45, 2.75) is 66.7 Å². The lowest BCUT2D eigenvalue weighted by atomic mass is 9.85. The van der Waals surface area contributed by atoms with Gasteiger partial charge in [0.15, 0.2) is 0 Å². The molecule has 0 aliphatic carbocycles. The van der Waals surface area contributed by atoms with Crippen LogP contribution in [0, 0.1) is 12.3 Å². The Balaban J connectivity index is 2.10. The van der Waals surface area contributed by atoms with E-state index in [2.05, 4.69) is 67.6 Å². The van der Waals surface area contributed by atoms with E-state index < -0.39 is 0 Å². The third-order valence-corrected chi connectivity index (χ3v) is 4.40. The highest BCUT2D eigenvalue weighted by atomic mass is 15.3. The third kappa shape index (κ3) is 3.41. The highest BCUT2D eigenvalue weighted by molar-refractivity contribution is 5.09. The number of hydrogen-bond donors (Lipinski definition) is 1. The Bertz CT molecular complexity index is 444. The first-order valence-electron chi connectivity index (χ1n) is 7.82. The second kappa shape index (κ2) is 5.86. The van der Waals surface area contributed by atoms with Crippen LogP contribution in [0.2, 0.25) is 0 Å². The fourth-order valence-electron chi connectivity index (χ4n) is 2.93. The van der Waals surface area contributed by atoms with Gasteiger partial charge in [-0.15, -0.1) is 0 Å². The van der Waals surface area contributed by atoms with Crippen LogP contribution >= 0.6 is 0 Å². The Morgan fingerprint density at radius 3 is 2.70 bits per heavy atom. The lowest BCUT2D eigenvalue weighted by molar-refractivity contribution is 0.0854. The molecule has 4 heteroatoms. The standard InChI is InChI=1S/C16H30N4/c1-7-20-14(8-12(2)18-20)10-19-11-15(16(4,5)6)17-9-13(19)3/h8,13,15,17H,7,9-11H2,1-6H3. The minimum absolute atomic E-state index is 0.305. The van der Waals surface area contributed by atoms with Crippen molar-refractivity contribution in [1.29, 1.82) is 0 Å². The zero-order valence-electron chi connectivity index (χ0n) is 13.9. The first-order chi connectivity index (χ1) is 9.31. The van der Waals surface area contributed by atoms with Gasteiger partial charge in [-0.05, 0) is 32.3 Å². The van der Waals surface area contributed by atoms with Gasteiger partial charge in [-0.25, -0.2) is 0 Å². The molecule has 114 valence electrons. The molecule has 20 heavy (non-hydrogen) atoms. The van der Waals surface area contributed by atoms with Crippen molar-refractivity contribution in [2.24, 2.45) is 5.41 Å². The number of hydrogen-bond acceptors (Lipinski definition) is 3. The summed E-state index contributed by atoms with van der Waals surface area (Å²) >= 11 is 0. The van der Waals surface area contributed by atoms with E-state index in [0.29, 0.717) is 17.5 Å². The molecule has 4 nitrogen and oxygen atoms in total. The molecule has 0 spiro atoms. The van der Waals surface area contributed by atoms with E-state index in [0.717, 1.165) is 31.9 Å². The topological polar surface area (TPSA) is 33.1 Å². The second-order valence-corrected chi connectivity index (χ2v) is 7.20. The molecular formula is C16H30N4. The predicted molar refractivity (Wildman–Crippen MR) is 83.8 cm³/mol. The molecule has 2 atom stereocenters. The predicted octanol–water partition coefficient (Wildman–Crippen LogP) is 2.42. The van der Waals surface area contributed by atoms with Crippen molar-refractivity contribution in [3.63, 3.8) is 0 Å². The molecule has 1 N–H and O–H groups in total. The molecule has 1 aliphatic rings. The smallest absolute Gasteiger partial charge is 0.0597 e. The molecule has 1 aromatic rings. The minimum Gasteiger partial charge on any atom is -0.311 e. The van der Waals surface area contributed by atoms with Crippen molar-refractivity contribution in [1.82, 2.24) is 20.0 Å². The van der Waals surface area contributed by atoms with Crippen LogP contribution in [0.4, 0.5) is 0 Å². The number of aromatic nitrogens is 2. The van der Waals surface area contributed by atoms with Gasteiger partial charge < -0.3 is 5.32 Å². The molecule has 0 saturated carbocycles. The fraction of sp³-hybridized carbons (Fsp3) is 0.812. The summed E-state index contributed by atoms with van der Waals surface area (Å²) < 4.78 is 2.14. The van der Waals surface area contributed by atoms with Crippen molar-refractivity contribution >= 4 is 0 Å². The Morgan fingerprint density at radius 1 is 1.40 bits per heavy atom. The van der Waals surface area contributed by atoms with Gasteiger partial charge in [-0.3, -0.25) is 9.58 Å². The van der Waals surface area contributed by atoms with Gasteiger partial charge in [0.05, 0.1) is 11.4 Å².